The Morgan fingerprint density at radius 3 is 2.41 bits per heavy atom. The Bertz CT molecular complexity index is 1010. The van der Waals surface area contributed by atoms with Crippen LogP contribution in [0.25, 0.3) is 17.2 Å². The molecule has 0 bridgehead atoms. The first-order chi connectivity index (χ1) is 15.7. The first kappa shape index (κ1) is 23.3. The number of hydrogen-bond acceptors (Lipinski definition) is 3. The Morgan fingerprint density at radius 2 is 1.66 bits per heavy atom. The molecule has 0 aliphatic heterocycles. The van der Waals surface area contributed by atoms with Crippen molar-refractivity contribution < 1.29 is 14.3 Å². The van der Waals surface area contributed by atoms with Crippen LogP contribution < -0.4 is 10.1 Å². The van der Waals surface area contributed by atoms with Crippen LogP contribution in [0, 0.1) is 6.92 Å². The van der Waals surface area contributed by atoms with E-state index in [1.54, 1.807) is 6.08 Å². The maximum atomic E-state index is 12.2. The van der Waals surface area contributed by atoms with Crippen LogP contribution >= 0.6 is 0 Å². The maximum Gasteiger partial charge on any atom is 0.248 e. The molecule has 0 heterocycles. The monoisotopic (exact) mass is 429 g/mol. The van der Waals surface area contributed by atoms with Crippen LogP contribution in [0.1, 0.15) is 30.9 Å². The molecule has 3 aromatic rings. The lowest BCUT2D eigenvalue weighted by molar-refractivity contribution is -0.111. The van der Waals surface area contributed by atoms with Crippen LogP contribution in [0.4, 0.5) is 5.69 Å². The summed E-state index contributed by atoms with van der Waals surface area (Å²) in [6.45, 7) is 6.13. The number of benzene rings is 3. The van der Waals surface area contributed by atoms with Crippen LogP contribution in [0.15, 0.2) is 78.9 Å². The summed E-state index contributed by atoms with van der Waals surface area (Å²) in [5.74, 6) is 0.679. The highest BCUT2D eigenvalue weighted by Crippen LogP contribution is 2.25. The lowest BCUT2D eigenvalue weighted by Crippen LogP contribution is -2.07. The van der Waals surface area contributed by atoms with E-state index in [-0.39, 0.29) is 5.91 Å². The van der Waals surface area contributed by atoms with E-state index in [9.17, 15) is 4.79 Å². The first-order valence-corrected chi connectivity index (χ1v) is 11.1. The number of anilines is 1. The van der Waals surface area contributed by atoms with Gasteiger partial charge in [-0.2, -0.15) is 0 Å². The van der Waals surface area contributed by atoms with Crippen LogP contribution in [0.5, 0.6) is 5.75 Å². The summed E-state index contributed by atoms with van der Waals surface area (Å²) in [6.07, 6.45) is 5.64. The number of unbranched alkanes of at least 4 members (excludes halogenated alkanes) is 1. The fourth-order valence-electron chi connectivity index (χ4n) is 3.18. The number of nitrogens with one attached hydrogen (secondary N) is 1. The molecule has 166 valence electrons. The second kappa shape index (κ2) is 12.5. The third-order valence-corrected chi connectivity index (χ3v) is 5.06. The highest BCUT2D eigenvalue weighted by Gasteiger charge is 2.03. The molecule has 4 nitrogen and oxygen atoms in total. The maximum absolute atomic E-state index is 12.2. The van der Waals surface area contributed by atoms with Gasteiger partial charge >= 0.3 is 0 Å². The number of carbonyl (C=O) groups excluding carboxylic acids is 1. The molecule has 32 heavy (non-hydrogen) atoms. The van der Waals surface area contributed by atoms with E-state index in [0.717, 1.165) is 53.1 Å². The van der Waals surface area contributed by atoms with Gasteiger partial charge in [-0.25, -0.2) is 0 Å². The van der Waals surface area contributed by atoms with Crippen molar-refractivity contribution in [3.63, 3.8) is 0 Å². The molecule has 0 saturated carbocycles. The SMILES string of the molecule is CCCCOCCOc1ccc(-c2ccc(C)c(/C=C/C(=O)Nc3ccccc3)c2)cc1. The van der Waals surface area contributed by atoms with Gasteiger partial charge in [0.1, 0.15) is 12.4 Å². The molecule has 1 amide bonds. The molecule has 3 aromatic carbocycles. The number of amides is 1. The number of rotatable bonds is 11. The van der Waals surface area contributed by atoms with Gasteiger partial charge in [-0.05, 0) is 72.0 Å². The molecular formula is C28H31NO3. The van der Waals surface area contributed by atoms with Crippen molar-refractivity contribution in [2.45, 2.75) is 26.7 Å². The van der Waals surface area contributed by atoms with E-state index in [4.69, 9.17) is 9.47 Å². The summed E-state index contributed by atoms with van der Waals surface area (Å²) in [5, 5.41) is 2.87. The Kier molecular flexibility index (Phi) is 9.08. The van der Waals surface area contributed by atoms with Crippen molar-refractivity contribution in [3.8, 4) is 16.9 Å². The fraction of sp³-hybridized carbons (Fsp3) is 0.250. The average Bonchev–Trinajstić information content (AvgIpc) is 2.82. The van der Waals surface area contributed by atoms with Crippen molar-refractivity contribution in [1.29, 1.82) is 0 Å². The Hall–Kier alpha value is -3.37. The summed E-state index contributed by atoms with van der Waals surface area (Å²) >= 11 is 0. The van der Waals surface area contributed by atoms with Gasteiger partial charge in [0.2, 0.25) is 5.91 Å². The van der Waals surface area contributed by atoms with E-state index in [1.165, 1.54) is 0 Å². The van der Waals surface area contributed by atoms with E-state index >= 15 is 0 Å². The van der Waals surface area contributed by atoms with Gasteiger partial charge in [0.25, 0.3) is 0 Å². The van der Waals surface area contributed by atoms with Crippen molar-refractivity contribution in [1.82, 2.24) is 0 Å². The predicted octanol–water partition coefficient (Wildman–Crippen LogP) is 6.51. The molecule has 0 spiro atoms. The van der Waals surface area contributed by atoms with Crippen molar-refractivity contribution in [2.24, 2.45) is 0 Å². The van der Waals surface area contributed by atoms with Gasteiger partial charge in [0.15, 0.2) is 0 Å². The Labute approximate surface area is 190 Å². The minimum absolute atomic E-state index is 0.152. The fourth-order valence-corrected chi connectivity index (χ4v) is 3.18. The lowest BCUT2D eigenvalue weighted by atomic mass is 9.99. The van der Waals surface area contributed by atoms with Crippen molar-refractivity contribution >= 4 is 17.7 Å². The van der Waals surface area contributed by atoms with Gasteiger partial charge in [-0.3, -0.25) is 4.79 Å². The van der Waals surface area contributed by atoms with Crippen molar-refractivity contribution in [3.05, 3.63) is 90.0 Å². The summed E-state index contributed by atoms with van der Waals surface area (Å²) in [5.41, 5.74) is 5.09. The number of ether oxygens (including phenoxy) is 2. The second-order valence-electron chi connectivity index (χ2n) is 7.60. The molecule has 0 unspecified atom stereocenters. The molecule has 3 rings (SSSR count). The molecule has 0 fully saturated rings. The molecule has 1 N–H and O–H groups in total. The summed E-state index contributed by atoms with van der Waals surface area (Å²) in [7, 11) is 0. The summed E-state index contributed by atoms with van der Waals surface area (Å²) in [4.78, 5) is 12.2. The third-order valence-electron chi connectivity index (χ3n) is 5.06. The van der Waals surface area contributed by atoms with Crippen LogP contribution in [0.2, 0.25) is 0 Å². The van der Waals surface area contributed by atoms with Gasteiger partial charge < -0.3 is 14.8 Å². The number of carbonyl (C=O) groups is 1. The van der Waals surface area contributed by atoms with Gasteiger partial charge in [-0.15, -0.1) is 0 Å². The topological polar surface area (TPSA) is 47.6 Å². The molecular weight excluding hydrogens is 398 g/mol. The zero-order chi connectivity index (χ0) is 22.6. The zero-order valence-corrected chi connectivity index (χ0v) is 18.8. The van der Waals surface area contributed by atoms with Crippen molar-refractivity contribution in [2.75, 3.05) is 25.1 Å². The molecule has 4 heteroatoms. The lowest BCUT2D eigenvalue weighted by Gasteiger charge is -2.09. The molecule has 0 atom stereocenters. The first-order valence-electron chi connectivity index (χ1n) is 11.1. The molecule has 0 radical (unpaired) electrons. The highest BCUT2D eigenvalue weighted by atomic mass is 16.5. The number of hydrogen-bond donors (Lipinski definition) is 1. The van der Waals surface area contributed by atoms with Crippen LogP contribution in [0.3, 0.4) is 0 Å². The average molecular weight is 430 g/mol. The third kappa shape index (κ3) is 7.40. The minimum Gasteiger partial charge on any atom is -0.491 e. The van der Waals surface area contributed by atoms with Gasteiger partial charge in [0, 0.05) is 18.4 Å². The molecule has 0 aliphatic carbocycles. The largest absolute Gasteiger partial charge is 0.491 e. The van der Waals surface area contributed by atoms with Crippen LogP contribution in [-0.2, 0) is 9.53 Å². The minimum atomic E-state index is -0.152. The summed E-state index contributed by atoms with van der Waals surface area (Å²) < 4.78 is 11.3. The molecule has 0 aliphatic rings. The highest BCUT2D eigenvalue weighted by molar-refractivity contribution is 6.02. The second-order valence-corrected chi connectivity index (χ2v) is 7.60. The van der Waals surface area contributed by atoms with E-state index in [1.807, 2.05) is 67.6 Å². The van der Waals surface area contributed by atoms with Crippen LogP contribution in [-0.4, -0.2) is 25.7 Å². The predicted molar refractivity (Wildman–Crippen MR) is 132 cm³/mol. The van der Waals surface area contributed by atoms with E-state index in [0.29, 0.717) is 13.2 Å². The zero-order valence-electron chi connectivity index (χ0n) is 18.8. The Morgan fingerprint density at radius 1 is 0.906 bits per heavy atom. The number of para-hydroxylation sites is 1. The smallest absolute Gasteiger partial charge is 0.248 e. The molecule has 0 aromatic heterocycles. The quantitative estimate of drug-likeness (QED) is 0.279. The van der Waals surface area contributed by atoms with E-state index in [2.05, 4.69) is 30.4 Å². The Balaban J connectivity index is 1.59. The number of aryl methyl sites for hydroxylation is 1. The summed E-state index contributed by atoms with van der Waals surface area (Å²) in [6, 6.07) is 23.7. The normalized spacial score (nSPS) is 10.9. The van der Waals surface area contributed by atoms with E-state index < -0.39 is 0 Å². The molecule has 0 saturated heterocycles. The standard InChI is InChI=1S/C28H31NO3/c1-3-4-18-31-19-20-32-27-15-12-23(13-16-27)25-11-10-22(2)24(21-25)14-17-28(30)29-26-8-6-5-7-9-26/h5-17,21H,3-4,18-20H2,1-2H3,(H,29,30)/b17-14+. The van der Waals surface area contributed by atoms with Gasteiger partial charge in [0.05, 0.1) is 6.61 Å². The van der Waals surface area contributed by atoms with Gasteiger partial charge in [-0.1, -0.05) is 55.8 Å².